The third-order valence-electron chi connectivity index (χ3n) is 2.92. The van der Waals surface area contributed by atoms with Gasteiger partial charge in [-0.15, -0.1) is 0 Å². The molecule has 1 aromatic carbocycles. The maximum absolute atomic E-state index is 5.65. The van der Waals surface area contributed by atoms with E-state index in [2.05, 4.69) is 48.2 Å². The molecule has 0 amide bonds. The molecule has 2 aromatic rings. The second kappa shape index (κ2) is 4.72. The van der Waals surface area contributed by atoms with Crippen LogP contribution < -0.4 is 10.6 Å². The number of benzene rings is 1. The number of nitrogens with two attached hydrogens (primary N) is 1. The third kappa shape index (κ3) is 2.24. The molecule has 0 unspecified atom stereocenters. The number of aryl methyl sites for hydroxylation is 1. The smallest absolute Gasteiger partial charge is 0.0758 e. The second-order valence-electron chi connectivity index (χ2n) is 4.53. The quantitative estimate of drug-likeness (QED) is 0.876. The Labute approximate surface area is 102 Å². The maximum atomic E-state index is 5.65. The van der Waals surface area contributed by atoms with Crippen molar-refractivity contribution in [1.29, 1.82) is 0 Å². The highest BCUT2D eigenvalue weighted by Gasteiger charge is 2.08. The largest absolute Gasteiger partial charge is 0.377 e. The summed E-state index contributed by atoms with van der Waals surface area (Å²) in [5, 5.41) is 1.20. The molecule has 17 heavy (non-hydrogen) atoms. The lowest BCUT2D eigenvalue weighted by molar-refractivity contribution is 0.971. The van der Waals surface area contributed by atoms with Gasteiger partial charge in [0.2, 0.25) is 0 Å². The number of hydrogen-bond acceptors (Lipinski definition) is 3. The van der Waals surface area contributed by atoms with Gasteiger partial charge in [-0.2, -0.15) is 0 Å². The van der Waals surface area contributed by atoms with Crippen molar-refractivity contribution in [2.24, 2.45) is 5.73 Å². The summed E-state index contributed by atoms with van der Waals surface area (Å²) < 4.78 is 0. The lowest BCUT2D eigenvalue weighted by Crippen LogP contribution is -2.11. The van der Waals surface area contributed by atoms with Crippen LogP contribution in [-0.2, 0) is 6.42 Å². The Balaban J connectivity index is 2.73. The van der Waals surface area contributed by atoms with Gasteiger partial charge in [0.15, 0.2) is 0 Å². The van der Waals surface area contributed by atoms with E-state index in [4.69, 9.17) is 5.73 Å². The molecule has 1 aromatic heterocycles. The molecule has 2 rings (SSSR count). The van der Waals surface area contributed by atoms with Crippen LogP contribution in [0.15, 0.2) is 24.3 Å². The van der Waals surface area contributed by atoms with Crippen molar-refractivity contribution in [2.45, 2.75) is 13.3 Å². The average molecular weight is 229 g/mol. The van der Waals surface area contributed by atoms with Crippen molar-refractivity contribution in [3.63, 3.8) is 0 Å². The van der Waals surface area contributed by atoms with E-state index in [-0.39, 0.29) is 0 Å². The fourth-order valence-corrected chi connectivity index (χ4v) is 2.14. The van der Waals surface area contributed by atoms with Crippen molar-refractivity contribution < 1.29 is 0 Å². The highest BCUT2D eigenvalue weighted by atomic mass is 15.1. The molecule has 0 atom stereocenters. The van der Waals surface area contributed by atoms with Crippen LogP contribution in [0.3, 0.4) is 0 Å². The third-order valence-corrected chi connectivity index (χ3v) is 2.92. The number of nitrogens with zero attached hydrogens (tertiary/aromatic N) is 2. The molecule has 3 heteroatoms. The van der Waals surface area contributed by atoms with Gasteiger partial charge in [-0.25, -0.2) is 0 Å². The molecule has 0 aliphatic carbocycles. The minimum atomic E-state index is 0.659. The zero-order valence-corrected chi connectivity index (χ0v) is 10.7. The van der Waals surface area contributed by atoms with Crippen LogP contribution in [-0.4, -0.2) is 25.6 Å². The summed E-state index contributed by atoms with van der Waals surface area (Å²) in [6.45, 7) is 2.69. The zero-order chi connectivity index (χ0) is 12.4. The van der Waals surface area contributed by atoms with Gasteiger partial charge in [0.25, 0.3) is 0 Å². The van der Waals surface area contributed by atoms with Crippen LogP contribution in [0.2, 0.25) is 0 Å². The Morgan fingerprint density at radius 1 is 1.29 bits per heavy atom. The van der Waals surface area contributed by atoms with Gasteiger partial charge in [0.05, 0.1) is 5.52 Å². The predicted molar refractivity (Wildman–Crippen MR) is 73.6 cm³/mol. The molecule has 1 heterocycles. The van der Waals surface area contributed by atoms with E-state index in [0.717, 1.165) is 17.6 Å². The summed E-state index contributed by atoms with van der Waals surface area (Å²) in [7, 11) is 4.12. The van der Waals surface area contributed by atoms with E-state index in [9.17, 15) is 0 Å². The SMILES string of the molecule is Cc1cc(N(C)C)c2cccc(CCN)c2n1. The summed E-state index contributed by atoms with van der Waals surface area (Å²) in [5.41, 5.74) is 10.2. The van der Waals surface area contributed by atoms with Crippen molar-refractivity contribution >= 4 is 16.6 Å². The first kappa shape index (κ1) is 11.9. The summed E-state index contributed by atoms with van der Waals surface area (Å²) in [6.07, 6.45) is 0.876. The Morgan fingerprint density at radius 3 is 2.71 bits per heavy atom. The molecule has 0 spiro atoms. The van der Waals surface area contributed by atoms with Crippen LogP contribution in [0, 0.1) is 6.92 Å². The molecule has 0 saturated carbocycles. The van der Waals surface area contributed by atoms with Gasteiger partial charge in [-0.05, 0) is 31.5 Å². The van der Waals surface area contributed by atoms with Crippen molar-refractivity contribution in [1.82, 2.24) is 4.98 Å². The first-order valence-electron chi connectivity index (χ1n) is 5.90. The molecular weight excluding hydrogens is 210 g/mol. The molecule has 3 nitrogen and oxygen atoms in total. The van der Waals surface area contributed by atoms with Crippen LogP contribution in [0.4, 0.5) is 5.69 Å². The van der Waals surface area contributed by atoms with Crippen molar-refractivity contribution in [2.75, 3.05) is 25.5 Å². The normalized spacial score (nSPS) is 10.8. The molecule has 0 aliphatic rings. The zero-order valence-electron chi connectivity index (χ0n) is 10.7. The predicted octanol–water partition coefficient (Wildman–Crippen LogP) is 2.11. The number of aromatic nitrogens is 1. The lowest BCUT2D eigenvalue weighted by Gasteiger charge is -2.17. The summed E-state index contributed by atoms with van der Waals surface area (Å²) in [4.78, 5) is 6.78. The molecule has 0 saturated heterocycles. The monoisotopic (exact) mass is 229 g/mol. The summed E-state index contributed by atoms with van der Waals surface area (Å²) in [6, 6.07) is 8.43. The first-order chi connectivity index (χ1) is 8.13. The number of rotatable bonds is 3. The molecule has 0 bridgehead atoms. The van der Waals surface area contributed by atoms with Gasteiger partial charge in [0, 0.05) is 30.9 Å². The number of fused-ring (bicyclic) bond motifs is 1. The maximum Gasteiger partial charge on any atom is 0.0758 e. The van der Waals surface area contributed by atoms with E-state index >= 15 is 0 Å². The molecule has 2 N–H and O–H groups in total. The Hall–Kier alpha value is -1.61. The number of anilines is 1. The van der Waals surface area contributed by atoms with Gasteiger partial charge in [-0.3, -0.25) is 4.98 Å². The average Bonchev–Trinajstić information content (AvgIpc) is 2.29. The van der Waals surface area contributed by atoms with Crippen LogP contribution in [0.25, 0.3) is 10.9 Å². The van der Waals surface area contributed by atoms with E-state index in [1.165, 1.54) is 16.6 Å². The minimum Gasteiger partial charge on any atom is -0.377 e. The van der Waals surface area contributed by atoms with Crippen LogP contribution in [0.5, 0.6) is 0 Å². The highest BCUT2D eigenvalue weighted by Crippen LogP contribution is 2.27. The summed E-state index contributed by atoms with van der Waals surface area (Å²) >= 11 is 0. The molecular formula is C14H19N3. The fraction of sp³-hybridized carbons (Fsp3) is 0.357. The van der Waals surface area contributed by atoms with Crippen molar-refractivity contribution in [3.8, 4) is 0 Å². The molecule has 90 valence electrons. The number of para-hydroxylation sites is 1. The standard InChI is InChI=1S/C14H19N3/c1-10-9-13(17(2)3)12-6-4-5-11(7-8-15)14(12)16-10/h4-6,9H,7-8,15H2,1-3H3. The number of hydrogen-bond donors (Lipinski definition) is 1. The van der Waals surface area contributed by atoms with Gasteiger partial charge >= 0.3 is 0 Å². The van der Waals surface area contributed by atoms with Crippen LogP contribution >= 0.6 is 0 Å². The van der Waals surface area contributed by atoms with Gasteiger partial charge in [-0.1, -0.05) is 18.2 Å². The molecule has 0 fully saturated rings. The Kier molecular flexibility index (Phi) is 3.29. The number of pyridine rings is 1. The first-order valence-corrected chi connectivity index (χ1v) is 5.90. The molecule has 0 radical (unpaired) electrons. The summed E-state index contributed by atoms with van der Waals surface area (Å²) in [5.74, 6) is 0. The van der Waals surface area contributed by atoms with Crippen LogP contribution in [0.1, 0.15) is 11.3 Å². The van der Waals surface area contributed by atoms with Gasteiger partial charge < -0.3 is 10.6 Å². The highest BCUT2D eigenvalue weighted by molar-refractivity contribution is 5.93. The molecule has 0 aliphatic heterocycles. The Morgan fingerprint density at radius 2 is 2.06 bits per heavy atom. The second-order valence-corrected chi connectivity index (χ2v) is 4.53. The van der Waals surface area contributed by atoms with E-state index < -0.39 is 0 Å². The van der Waals surface area contributed by atoms with E-state index in [1.807, 2.05) is 6.92 Å². The Bertz CT molecular complexity index is 532. The van der Waals surface area contributed by atoms with Gasteiger partial charge in [0.1, 0.15) is 0 Å². The lowest BCUT2D eigenvalue weighted by atomic mass is 10.0. The fourth-order valence-electron chi connectivity index (χ4n) is 2.14. The van der Waals surface area contributed by atoms with E-state index in [1.54, 1.807) is 0 Å². The topological polar surface area (TPSA) is 42.1 Å². The van der Waals surface area contributed by atoms with Crippen molar-refractivity contribution in [3.05, 3.63) is 35.5 Å². The van der Waals surface area contributed by atoms with E-state index in [0.29, 0.717) is 6.54 Å². The minimum absolute atomic E-state index is 0.659.